The summed E-state index contributed by atoms with van der Waals surface area (Å²) >= 11 is 1.45. The number of hydrogen-bond acceptors (Lipinski definition) is 5. The monoisotopic (exact) mass is 250 g/mol. The smallest absolute Gasteiger partial charge is 0.337 e. The van der Waals surface area contributed by atoms with Crippen LogP contribution in [0.2, 0.25) is 0 Å². The molecule has 90 valence electrons. The molecule has 0 aliphatic carbocycles. The number of rotatable bonds is 2. The van der Waals surface area contributed by atoms with Crippen LogP contribution >= 0.6 is 11.3 Å². The molecule has 0 fully saturated rings. The lowest BCUT2D eigenvalue weighted by atomic mass is 9.98. The van der Waals surface area contributed by atoms with Crippen molar-refractivity contribution in [3.63, 3.8) is 0 Å². The highest BCUT2D eigenvalue weighted by atomic mass is 32.1. The summed E-state index contributed by atoms with van der Waals surface area (Å²) in [6.07, 6.45) is 1.74. The highest BCUT2D eigenvalue weighted by molar-refractivity contribution is 7.22. The third kappa shape index (κ3) is 2.74. The van der Waals surface area contributed by atoms with Gasteiger partial charge in [0.05, 0.1) is 5.41 Å². The Bertz CT molecular complexity index is 510. The maximum Gasteiger partial charge on any atom is 0.337 e. The molecule has 0 aliphatic heterocycles. The highest BCUT2D eigenvalue weighted by Gasteiger charge is 2.23. The second-order valence-electron chi connectivity index (χ2n) is 4.75. The van der Waals surface area contributed by atoms with E-state index in [1.807, 2.05) is 39.0 Å². The Balaban J connectivity index is 2.07. The summed E-state index contributed by atoms with van der Waals surface area (Å²) in [6, 6.07) is 5.75. The normalized spacial score (nSPS) is 11.5. The molecule has 0 aliphatic rings. The largest absolute Gasteiger partial charge is 0.342 e. The summed E-state index contributed by atoms with van der Waals surface area (Å²) in [4.78, 5) is 21.7. The zero-order valence-electron chi connectivity index (χ0n) is 9.98. The zero-order chi connectivity index (χ0) is 12.5. The van der Waals surface area contributed by atoms with Gasteiger partial charge >= 0.3 is 5.97 Å². The van der Waals surface area contributed by atoms with E-state index in [1.54, 1.807) is 6.20 Å². The number of hydrogen-bond donors (Lipinski definition) is 1. The Morgan fingerprint density at radius 3 is 2.88 bits per heavy atom. The lowest BCUT2D eigenvalue weighted by Gasteiger charge is -2.15. The summed E-state index contributed by atoms with van der Waals surface area (Å²) in [5.41, 5.74) is 2.16. The SMILES string of the molecule is CC(C)(C)C(=O)ONc1cc2cccnc2s1. The zero-order valence-corrected chi connectivity index (χ0v) is 10.8. The molecule has 0 aromatic carbocycles. The van der Waals surface area contributed by atoms with E-state index in [9.17, 15) is 4.79 Å². The summed E-state index contributed by atoms with van der Waals surface area (Å²) in [5.74, 6) is -0.289. The number of aromatic nitrogens is 1. The van der Waals surface area contributed by atoms with Gasteiger partial charge in [0, 0.05) is 11.6 Å². The number of thiophene rings is 1. The molecule has 0 radical (unpaired) electrons. The van der Waals surface area contributed by atoms with E-state index in [-0.39, 0.29) is 5.97 Å². The molecule has 17 heavy (non-hydrogen) atoms. The fourth-order valence-electron chi connectivity index (χ4n) is 1.17. The molecule has 0 bridgehead atoms. The van der Waals surface area contributed by atoms with Crippen molar-refractivity contribution in [1.29, 1.82) is 0 Å². The van der Waals surface area contributed by atoms with Gasteiger partial charge in [0.2, 0.25) is 0 Å². The van der Waals surface area contributed by atoms with Gasteiger partial charge in [-0.05, 0) is 32.9 Å². The Morgan fingerprint density at radius 2 is 2.24 bits per heavy atom. The molecule has 0 saturated carbocycles. The Hall–Kier alpha value is -1.62. The van der Waals surface area contributed by atoms with Crippen molar-refractivity contribution in [2.24, 2.45) is 5.41 Å². The van der Waals surface area contributed by atoms with Crippen molar-refractivity contribution in [1.82, 2.24) is 4.98 Å². The van der Waals surface area contributed by atoms with Crippen LogP contribution in [0.4, 0.5) is 5.00 Å². The minimum absolute atomic E-state index is 0.289. The van der Waals surface area contributed by atoms with Crippen LogP contribution in [0, 0.1) is 5.41 Å². The molecule has 4 nitrogen and oxygen atoms in total. The van der Waals surface area contributed by atoms with Crippen molar-refractivity contribution < 1.29 is 9.63 Å². The minimum atomic E-state index is -0.512. The Kier molecular flexibility index (Phi) is 3.02. The maximum absolute atomic E-state index is 11.6. The third-order valence-electron chi connectivity index (χ3n) is 2.15. The molecular weight excluding hydrogens is 236 g/mol. The molecule has 0 amide bonds. The van der Waals surface area contributed by atoms with Gasteiger partial charge in [-0.2, -0.15) is 0 Å². The van der Waals surface area contributed by atoms with E-state index in [4.69, 9.17) is 4.84 Å². The van der Waals surface area contributed by atoms with Gasteiger partial charge in [0.25, 0.3) is 0 Å². The molecule has 2 heterocycles. The Morgan fingerprint density at radius 1 is 1.47 bits per heavy atom. The number of fused-ring (bicyclic) bond motifs is 1. The number of anilines is 1. The van der Waals surface area contributed by atoms with Gasteiger partial charge in [-0.1, -0.05) is 17.4 Å². The van der Waals surface area contributed by atoms with Crippen LogP contribution in [0.1, 0.15) is 20.8 Å². The number of pyridine rings is 1. The van der Waals surface area contributed by atoms with Gasteiger partial charge in [-0.3, -0.25) is 0 Å². The molecule has 0 unspecified atom stereocenters. The molecule has 0 saturated heterocycles. The average Bonchev–Trinajstić information content (AvgIpc) is 2.66. The first kappa shape index (κ1) is 11.9. The van der Waals surface area contributed by atoms with Crippen molar-refractivity contribution in [3.05, 3.63) is 24.4 Å². The number of nitrogens with zero attached hydrogens (tertiary/aromatic N) is 1. The van der Waals surface area contributed by atoms with Crippen LogP contribution in [-0.4, -0.2) is 11.0 Å². The fourth-order valence-corrected chi connectivity index (χ4v) is 2.01. The lowest BCUT2D eigenvalue weighted by Crippen LogP contribution is -2.25. The van der Waals surface area contributed by atoms with E-state index in [0.29, 0.717) is 0 Å². The molecule has 5 heteroatoms. The van der Waals surface area contributed by atoms with Gasteiger partial charge < -0.3 is 4.84 Å². The van der Waals surface area contributed by atoms with E-state index in [2.05, 4.69) is 10.5 Å². The average molecular weight is 250 g/mol. The van der Waals surface area contributed by atoms with E-state index in [0.717, 1.165) is 15.2 Å². The van der Waals surface area contributed by atoms with Crippen LogP contribution in [0.25, 0.3) is 10.2 Å². The van der Waals surface area contributed by atoms with E-state index >= 15 is 0 Å². The van der Waals surface area contributed by atoms with Gasteiger partial charge in [-0.25, -0.2) is 15.3 Å². The van der Waals surface area contributed by atoms with Crippen LogP contribution in [0.5, 0.6) is 0 Å². The minimum Gasteiger partial charge on any atom is -0.342 e. The number of nitrogens with one attached hydrogen (secondary N) is 1. The van der Waals surface area contributed by atoms with Crippen molar-refractivity contribution in [2.45, 2.75) is 20.8 Å². The maximum atomic E-state index is 11.6. The van der Waals surface area contributed by atoms with Crippen molar-refractivity contribution in [3.8, 4) is 0 Å². The summed E-state index contributed by atoms with van der Waals surface area (Å²) < 4.78 is 0. The Labute approximate surface area is 104 Å². The van der Waals surface area contributed by atoms with Crippen molar-refractivity contribution in [2.75, 3.05) is 5.48 Å². The standard InChI is InChI=1S/C12H14N2O2S/c1-12(2,3)11(15)16-14-9-7-8-5-4-6-13-10(8)17-9/h4-7,14H,1-3H3. The molecule has 0 spiro atoms. The first-order chi connectivity index (χ1) is 7.97. The molecule has 2 aromatic rings. The van der Waals surface area contributed by atoms with E-state index in [1.165, 1.54) is 11.3 Å². The molecule has 0 atom stereocenters. The van der Waals surface area contributed by atoms with Crippen LogP contribution < -0.4 is 5.48 Å². The first-order valence-electron chi connectivity index (χ1n) is 5.29. The lowest BCUT2D eigenvalue weighted by molar-refractivity contribution is -0.149. The van der Waals surface area contributed by atoms with Crippen LogP contribution in [0.15, 0.2) is 24.4 Å². The van der Waals surface area contributed by atoms with Crippen molar-refractivity contribution >= 4 is 32.5 Å². The summed E-state index contributed by atoms with van der Waals surface area (Å²) in [7, 11) is 0. The summed E-state index contributed by atoms with van der Waals surface area (Å²) in [6.45, 7) is 5.43. The second-order valence-corrected chi connectivity index (χ2v) is 5.78. The van der Waals surface area contributed by atoms with Gasteiger partial charge in [0.15, 0.2) is 0 Å². The van der Waals surface area contributed by atoms with Crippen LogP contribution in [-0.2, 0) is 9.63 Å². The van der Waals surface area contributed by atoms with Gasteiger partial charge in [-0.15, -0.1) is 0 Å². The van der Waals surface area contributed by atoms with E-state index < -0.39 is 5.41 Å². The van der Waals surface area contributed by atoms with Gasteiger partial charge in [0.1, 0.15) is 9.83 Å². The molecule has 2 aromatic heterocycles. The quantitative estimate of drug-likeness (QED) is 0.831. The third-order valence-corrected chi connectivity index (χ3v) is 3.11. The second kappa shape index (κ2) is 4.33. The molecule has 1 N–H and O–H groups in total. The number of carbonyl (C=O) groups is 1. The predicted molar refractivity (Wildman–Crippen MR) is 68.8 cm³/mol. The van der Waals surface area contributed by atoms with Crippen LogP contribution in [0.3, 0.4) is 0 Å². The predicted octanol–water partition coefficient (Wildman–Crippen LogP) is 3.21. The summed E-state index contributed by atoms with van der Waals surface area (Å²) in [5, 5.41) is 1.81. The fraction of sp³-hybridized carbons (Fsp3) is 0.333. The first-order valence-corrected chi connectivity index (χ1v) is 6.10. The number of carbonyl (C=O) groups excluding carboxylic acids is 1. The highest BCUT2D eigenvalue weighted by Crippen LogP contribution is 2.28. The molecular formula is C12H14N2O2S. The topological polar surface area (TPSA) is 51.2 Å². The molecule has 2 rings (SSSR count).